The van der Waals surface area contributed by atoms with Gasteiger partial charge in [-0.05, 0) is 124 Å². The van der Waals surface area contributed by atoms with Crippen molar-refractivity contribution in [3.63, 3.8) is 0 Å². The first-order valence-corrected chi connectivity index (χ1v) is 25.0. The van der Waals surface area contributed by atoms with Gasteiger partial charge in [0, 0.05) is 61.6 Å². The summed E-state index contributed by atoms with van der Waals surface area (Å²) in [4.78, 5) is 44.8. The number of amides is 1. The van der Waals surface area contributed by atoms with Crippen molar-refractivity contribution in [3.05, 3.63) is 106 Å². The molecule has 1 unspecified atom stereocenters. The molecule has 4 aliphatic heterocycles. The number of pyridine rings is 2. The standard InChI is InChI=1S/C49H59N9O7S/c1-32(2)39-6-3-4-7-40(39)43-8-5-17-57(43)35-25-49(26-35)14-20-56(21-15-49)46-24-45(65-37-22-34-11-16-50-47(34)53-28-37)41(29-52-46)48(59)54-66(62,63)38-9-10-42(44(23-38)58(60)61)51-27-33-12-18-55(19-13-33)36-30-64-31-36/h3-4,6-7,9-11,16,22-24,28-29,32-33,35-36,43,51H,5,8,12-15,17-21,25-27,30-31H2,1-2H3,(H,50,53)(H,54,59). The number of ether oxygens (including phenoxy) is 2. The largest absolute Gasteiger partial charge is 0.455 e. The molecule has 3 N–H and O–H groups in total. The normalized spacial score (nSPS) is 21.0. The van der Waals surface area contributed by atoms with Gasteiger partial charge in [-0.25, -0.2) is 23.1 Å². The zero-order valence-electron chi connectivity index (χ0n) is 37.7. The third-order valence-electron chi connectivity index (χ3n) is 15.0. The van der Waals surface area contributed by atoms with E-state index in [2.05, 4.69) is 77.8 Å². The Hall–Kier alpha value is -5.62. The number of nitro groups is 1. The van der Waals surface area contributed by atoms with E-state index in [1.54, 1.807) is 18.3 Å². The molecular formula is C49H59N9O7S. The number of aromatic nitrogens is 3. The molecule has 7 heterocycles. The molecule has 1 amide bonds. The Balaban J connectivity index is 0.821. The number of carbonyl (C=O) groups excluding carboxylic acids is 1. The number of nitrogens with one attached hydrogen (secondary N) is 3. The number of nitrogens with zero attached hydrogens (tertiary/aromatic N) is 6. The van der Waals surface area contributed by atoms with Crippen LogP contribution in [0, 0.1) is 21.4 Å². The lowest BCUT2D eigenvalue weighted by molar-refractivity contribution is -0.384. The minimum atomic E-state index is -4.58. The molecular weight excluding hydrogens is 859 g/mol. The van der Waals surface area contributed by atoms with Gasteiger partial charge < -0.3 is 24.7 Å². The highest BCUT2D eigenvalue weighted by Crippen LogP contribution is 2.54. The predicted octanol–water partition coefficient (Wildman–Crippen LogP) is 8.01. The number of nitro benzene ring substituents is 1. The molecule has 66 heavy (non-hydrogen) atoms. The first-order valence-electron chi connectivity index (χ1n) is 23.5. The summed E-state index contributed by atoms with van der Waals surface area (Å²) in [5, 5.41) is 16.2. The van der Waals surface area contributed by atoms with Crippen LogP contribution in [-0.4, -0.2) is 109 Å². The maximum Gasteiger partial charge on any atom is 0.293 e. The van der Waals surface area contributed by atoms with Crippen LogP contribution < -0.4 is 19.7 Å². The van der Waals surface area contributed by atoms with E-state index in [0.29, 0.717) is 53.7 Å². The van der Waals surface area contributed by atoms with Gasteiger partial charge in [0.05, 0.1) is 35.3 Å². The molecule has 1 saturated carbocycles. The summed E-state index contributed by atoms with van der Waals surface area (Å²) in [6, 6.07) is 19.5. The van der Waals surface area contributed by atoms with Crippen LogP contribution in [0.2, 0.25) is 0 Å². The SMILES string of the molecule is CC(C)c1ccccc1C1CCCN1C1CC2(CCN(c3cc(Oc4cnc5[nH]ccc5c4)c(C(=O)NS(=O)(=O)c4ccc(NCC5CCN(C6COC6)CC5)c([N+](=O)[O-])c4)cn3)CC2)C1. The minimum absolute atomic E-state index is 0.104. The van der Waals surface area contributed by atoms with E-state index >= 15 is 0 Å². The van der Waals surface area contributed by atoms with Crippen LogP contribution in [0.3, 0.4) is 0 Å². The van der Waals surface area contributed by atoms with E-state index in [1.807, 2.05) is 6.07 Å². The monoisotopic (exact) mass is 917 g/mol. The van der Waals surface area contributed by atoms with Crippen molar-refractivity contribution in [2.75, 3.05) is 62.7 Å². The number of anilines is 2. The third kappa shape index (κ3) is 8.97. The summed E-state index contributed by atoms with van der Waals surface area (Å²) in [7, 11) is -4.58. The number of rotatable bonds is 14. The van der Waals surface area contributed by atoms with Crippen LogP contribution >= 0.6 is 0 Å². The molecule has 17 heteroatoms. The van der Waals surface area contributed by atoms with Crippen LogP contribution in [0.5, 0.6) is 11.5 Å². The lowest BCUT2D eigenvalue weighted by atomic mass is 9.60. The molecule has 4 saturated heterocycles. The first-order chi connectivity index (χ1) is 31.9. The minimum Gasteiger partial charge on any atom is -0.455 e. The second-order valence-electron chi connectivity index (χ2n) is 19.4. The van der Waals surface area contributed by atoms with Crippen molar-refractivity contribution in [3.8, 4) is 11.5 Å². The topological polar surface area (TPSA) is 188 Å². The van der Waals surface area contributed by atoms with E-state index in [1.165, 1.54) is 61.3 Å². The number of hydrogen-bond acceptors (Lipinski definition) is 13. The van der Waals surface area contributed by atoms with Crippen LogP contribution in [0.4, 0.5) is 17.2 Å². The maximum atomic E-state index is 14.0. The maximum absolute atomic E-state index is 14.0. The van der Waals surface area contributed by atoms with Gasteiger partial charge in [-0.1, -0.05) is 38.1 Å². The number of fused-ring (bicyclic) bond motifs is 1. The van der Waals surface area contributed by atoms with Gasteiger partial charge in [-0.15, -0.1) is 0 Å². The smallest absolute Gasteiger partial charge is 0.293 e. The highest BCUT2D eigenvalue weighted by molar-refractivity contribution is 7.90. The van der Waals surface area contributed by atoms with E-state index in [0.717, 1.165) is 83.1 Å². The molecule has 1 spiro atoms. The number of hydrogen-bond donors (Lipinski definition) is 3. The van der Waals surface area contributed by atoms with E-state index in [9.17, 15) is 23.3 Å². The number of carbonyl (C=O) groups is 1. The lowest BCUT2D eigenvalue weighted by Crippen LogP contribution is -2.55. The summed E-state index contributed by atoms with van der Waals surface area (Å²) in [6.07, 6.45) is 13.4. The van der Waals surface area contributed by atoms with Gasteiger partial charge in [-0.2, -0.15) is 0 Å². The average molecular weight is 918 g/mol. The zero-order chi connectivity index (χ0) is 45.6. The van der Waals surface area contributed by atoms with Gasteiger partial charge in [0.1, 0.15) is 34.2 Å². The lowest BCUT2D eigenvalue weighted by Gasteiger charge is -2.56. The van der Waals surface area contributed by atoms with Crippen LogP contribution in [0.15, 0.2) is 84.1 Å². The second kappa shape index (κ2) is 18.2. The highest BCUT2D eigenvalue weighted by Gasteiger charge is 2.50. The second-order valence-corrected chi connectivity index (χ2v) is 21.1. The Bertz CT molecular complexity index is 2700. The van der Waals surface area contributed by atoms with Crippen LogP contribution in [-0.2, 0) is 14.8 Å². The van der Waals surface area contributed by atoms with Gasteiger partial charge >= 0.3 is 0 Å². The summed E-state index contributed by atoms with van der Waals surface area (Å²) < 4.78 is 41.4. The molecule has 5 aromatic rings. The fourth-order valence-electron chi connectivity index (χ4n) is 11.1. The summed E-state index contributed by atoms with van der Waals surface area (Å²) in [5.74, 6) is 0.891. The van der Waals surface area contributed by atoms with E-state index in [4.69, 9.17) is 9.47 Å². The number of benzene rings is 2. The predicted molar refractivity (Wildman–Crippen MR) is 252 cm³/mol. The number of piperidine rings is 2. The molecule has 1 aliphatic carbocycles. The Labute approximate surface area is 385 Å². The number of aromatic amines is 1. The number of sulfonamides is 1. The Morgan fingerprint density at radius 3 is 2.50 bits per heavy atom. The van der Waals surface area contributed by atoms with Crippen molar-refractivity contribution in [1.82, 2.24) is 29.5 Å². The van der Waals surface area contributed by atoms with Crippen LogP contribution in [0.1, 0.15) is 98.7 Å². The summed E-state index contributed by atoms with van der Waals surface area (Å²) >= 11 is 0. The molecule has 10 rings (SSSR count). The fraction of sp³-hybridized carbons (Fsp3) is 0.490. The molecule has 16 nitrogen and oxygen atoms in total. The van der Waals surface area contributed by atoms with Gasteiger partial charge in [-0.3, -0.25) is 24.7 Å². The van der Waals surface area contributed by atoms with Crippen molar-refractivity contribution in [1.29, 1.82) is 0 Å². The molecule has 3 aromatic heterocycles. The molecule has 348 valence electrons. The Kier molecular flexibility index (Phi) is 12.2. The van der Waals surface area contributed by atoms with Crippen molar-refractivity contribution in [2.24, 2.45) is 11.3 Å². The highest BCUT2D eigenvalue weighted by atomic mass is 32.2. The van der Waals surface area contributed by atoms with Crippen LogP contribution in [0.25, 0.3) is 11.0 Å². The molecule has 0 radical (unpaired) electrons. The van der Waals surface area contributed by atoms with Crippen molar-refractivity contribution >= 4 is 44.2 Å². The van der Waals surface area contributed by atoms with Crippen molar-refractivity contribution in [2.45, 2.75) is 94.2 Å². The third-order valence-corrected chi connectivity index (χ3v) is 16.3. The molecule has 5 aliphatic rings. The Morgan fingerprint density at radius 2 is 1.76 bits per heavy atom. The summed E-state index contributed by atoms with van der Waals surface area (Å²) in [6.45, 7) is 11.2. The molecule has 2 aromatic carbocycles. The van der Waals surface area contributed by atoms with Gasteiger partial charge in [0.2, 0.25) is 0 Å². The number of H-pyrrole nitrogens is 1. The summed E-state index contributed by atoms with van der Waals surface area (Å²) in [5.41, 5.74) is 3.60. The van der Waals surface area contributed by atoms with Gasteiger partial charge in [0.15, 0.2) is 0 Å². The molecule has 5 fully saturated rings. The van der Waals surface area contributed by atoms with E-state index < -0.39 is 31.4 Å². The quantitative estimate of drug-likeness (QED) is 0.0719. The van der Waals surface area contributed by atoms with E-state index in [-0.39, 0.29) is 22.4 Å². The fourth-order valence-corrected chi connectivity index (χ4v) is 12.1. The first kappa shape index (κ1) is 44.2. The zero-order valence-corrected chi connectivity index (χ0v) is 38.5. The Morgan fingerprint density at radius 1 is 0.970 bits per heavy atom. The van der Waals surface area contributed by atoms with Crippen molar-refractivity contribution < 1.29 is 27.6 Å². The molecule has 1 atom stereocenters. The molecule has 0 bridgehead atoms. The average Bonchev–Trinajstić information content (AvgIpc) is 3.97. The van der Waals surface area contributed by atoms with Gasteiger partial charge in [0.25, 0.3) is 21.6 Å². The number of likely N-dealkylation sites (tertiary alicyclic amines) is 2.